The highest BCUT2D eigenvalue weighted by atomic mass is 79.9. The minimum absolute atomic E-state index is 0.00867. The second kappa shape index (κ2) is 8.79. The Bertz CT molecular complexity index is 957. The lowest BCUT2D eigenvalue weighted by Crippen LogP contribution is -2.11. The van der Waals surface area contributed by atoms with Crippen LogP contribution in [-0.2, 0) is 6.61 Å². The summed E-state index contributed by atoms with van der Waals surface area (Å²) in [6.07, 6.45) is 1.87. The van der Waals surface area contributed by atoms with Gasteiger partial charge in [0.05, 0.1) is 12.3 Å². The number of benzene rings is 2. The first-order valence-electron chi connectivity index (χ1n) is 8.58. The number of pyridine rings is 1. The van der Waals surface area contributed by atoms with Gasteiger partial charge in [0, 0.05) is 33.6 Å². The van der Waals surface area contributed by atoms with Crippen molar-refractivity contribution in [3.05, 3.63) is 98.2 Å². The first-order chi connectivity index (χ1) is 13.0. The lowest BCUT2D eigenvalue weighted by Gasteiger charge is -2.20. The number of aromatic nitrogens is 1. The molecule has 0 fully saturated rings. The van der Waals surface area contributed by atoms with Gasteiger partial charge in [-0.15, -0.1) is 0 Å². The van der Waals surface area contributed by atoms with Crippen LogP contribution in [0.15, 0.2) is 65.3 Å². The molecule has 1 atom stereocenters. The summed E-state index contributed by atoms with van der Waals surface area (Å²) in [7, 11) is 0. The summed E-state index contributed by atoms with van der Waals surface area (Å²) in [5.41, 5.74) is 4.24. The monoisotopic (exact) mass is 443 g/mol. The molecule has 0 aliphatic heterocycles. The van der Waals surface area contributed by atoms with Gasteiger partial charge in [-0.05, 0) is 60.0 Å². The van der Waals surface area contributed by atoms with Gasteiger partial charge in [-0.2, -0.15) is 0 Å². The Morgan fingerprint density at radius 3 is 2.56 bits per heavy atom. The van der Waals surface area contributed by atoms with Gasteiger partial charge in [-0.25, -0.2) is 0 Å². The Hall–Kier alpha value is -2.01. The zero-order chi connectivity index (χ0) is 19.4. The highest BCUT2D eigenvalue weighted by Crippen LogP contribution is 2.33. The average molecular weight is 445 g/mol. The topological polar surface area (TPSA) is 50.2 Å². The van der Waals surface area contributed by atoms with E-state index >= 15 is 0 Å². The SMILES string of the molecule is Cc1cc(Cl)ccc1C(CC(=O)c1ccnc(CO)c1)c1ccc(Br)cc1. The molecule has 0 aliphatic rings. The number of carbonyl (C=O) groups is 1. The molecule has 0 saturated carbocycles. The van der Waals surface area contributed by atoms with Crippen molar-refractivity contribution >= 4 is 33.3 Å². The first kappa shape index (κ1) is 19.7. The molecule has 1 heterocycles. The fourth-order valence-electron chi connectivity index (χ4n) is 3.17. The van der Waals surface area contributed by atoms with Gasteiger partial charge in [0.1, 0.15) is 0 Å². The quantitative estimate of drug-likeness (QED) is 0.496. The van der Waals surface area contributed by atoms with Crippen molar-refractivity contribution in [3.8, 4) is 0 Å². The van der Waals surface area contributed by atoms with Crippen molar-refractivity contribution in [3.63, 3.8) is 0 Å². The lowest BCUT2D eigenvalue weighted by atomic mass is 9.84. The molecule has 1 unspecified atom stereocenters. The second-order valence-electron chi connectivity index (χ2n) is 6.43. The maximum atomic E-state index is 13.0. The van der Waals surface area contributed by atoms with Gasteiger partial charge in [0.2, 0.25) is 0 Å². The average Bonchev–Trinajstić information content (AvgIpc) is 2.67. The van der Waals surface area contributed by atoms with Crippen LogP contribution in [0.5, 0.6) is 0 Å². The van der Waals surface area contributed by atoms with Gasteiger partial charge < -0.3 is 5.11 Å². The molecule has 3 nitrogen and oxygen atoms in total. The number of rotatable bonds is 6. The first-order valence-corrected chi connectivity index (χ1v) is 9.75. The van der Waals surface area contributed by atoms with Crippen molar-refractivity contribution in [2.45, 2.75) is 25.9 Å². The Labute approximate surface area is 172 Å². The Morgan fingerprint density at radius 2 is 1.89 bits per heavy atom. The molecule has 3 aromatic rings. The smallest absolute Gasteiger partial charge is 0.163 e. The summed E-state index contributed by atoms with van der Waals surface area (Å²) < 4.78 is 0.992. The molecule has 0 saturated heterocycles. The summed E-state index contributed by atoms with van der Waals surface area (Å²) in [4.78, 5) is 17.0. The van der Waals surface area contributed by atoms with E-state index in [4.69, 9.17) is 11.6 Å². The summed E-state index contributed by atoms with van der Waals surface area (Å²) >= 11 is 9.58. The van der Waals surface area contributed by atoms with Gasteiger partial charge in [-0.1, -0.05) is 45.7 Å². The van der Waals surface area contributed by atoms with Crippen molar-refractivity contribution < 1.29 is 9.90 Å². The zero-order valence-electron chi connectivity index (χ0n) is 14.8. The molecule has 5 heteroatoms. The predicted octanol–water partition coefficient (Wildman–Crippen LogP) is 5.70. The maximum Gasteiger partial charge on any atom is 0.163 e. The number of Topliss-reactive ketones (excluding diaryl/α,β-unsaturated/α-hetero) is 1. The van der Waals surface area contributed by atoms with E-state index in [9.17, 15) is 9.90 Å². The summed E-state index contributed by atoms with van der Waals surface area (Å²) in [6.45, 7) is 1.82. The van der Waals surface area contributed by atoms with Gasteiger partial charge in [0.15, 0.2) is 5.78 Å². The number of ketones is 1. The molecule has 0 bridgehead atoms. The van der Waals surface area contributed by atoms with Crippen LogP contribution in [0.2, 0.25) is 5.02 Å². The maximum absolute atomic E-state index is 13.0. The van der Waals surface area contributed by atoms with E-state index in [0.29, 0.717) is 22.7 Å². The zero-order valence-corrected chi connectivity index (χ0v) is 17.2. The van der Waals surface area contributed by atoms with Crippen LogP contribution in [0, 0.1) is 6.92 Å². The fraction of sp³-hybridized carbons (Fsp3) is 0.182. The number of aliphatic hydroxyl groups is 1. The minimum atomic E-state index is -0.187. The van der Waals surface area contributed by atoms with Crippen molar-refractivity contribution in [1.29, 1.82) is 0 Å². The summed E-state index contributed by atoms with van der Waals surface area (Å²) in [5.74, 6) is -0.0806. The summed E-state index contributed by atoms with van der Waals surface area (Å²) in [6, 6.07) is 17.1. The summed E-state index contributed by atoms with van der Waals surface area (Å²) in [5, 5.41) is 9.96. The molecular weight excluding hydrogens is 426 g/mol. The number of aryl methyl sites for hydroxylation is 1. The van der Waals surface area contributed by atoms with Crippen LogP contribution in [0.4, 0.5) is 0 Å². The molecule has 2 aromatic carbocycles. The highest BCUT2D eigenvalue weighted by Gasteiger charge is 2.21. The number of carbonyl (C=O) groups excluding carboxylic acids is 1. The lowest BCUT2D eigenvalue weighted by molar-refractivity contribution is 0.0977. The number of aliphatic hydroxyl groups excluding tert-OH is 1. The normalized spacial score (nSPS) is 12.0. The molecule has 138 valence electrons. The van der Waals surface area contributed by atoms with Crippen LogP contribution in [0.25, 0.3) is 0 Å². The van der Waals surface area contributed by atoms with E-state index in [0.717, 1.165) is 21.2 Å². The van der Waals surface area contributed by atoms with Gasteiger partial charge in [0.25, 0.3) is 0 Å². The Kier molecular flexibility index (Phi) is 6.42. The molecule has 0 spiro atoms. The van der Waals surface area contributed by atoms with E-state index in [1.165, 1.54) is 0 Å². The van der Waals surface area contributed by atoms with E-state index in [-0.39, 0.29) is 18.3 Å². The van der Waals surface area contributed by atoms with Crippen LogP contribution in [0.3, 0.4) is 0 Å². The number of halogens is 2. The highest BCUT2D eigenvalue weighted by molar-refractivity contribution is 9.10. The van der Waals surface area contributed by atoms with Gasteiger partial charge >= 0.3 is 0 Å². The fourth-order valence-corrected chi connectivity index (χ4v) is 3.66. The number of nitrogens with zero attached hydrogens (tertiary/aromatic N) is 1. The molecule has 0 aliphatic carbocycles. The standard InChI is InChI=1S/C22H19BrClNO2/c1-14-10-18(24)6-7-20(14)21(15-2-4-17(23)5-3-15)12-22(27)16-8-9-25-19(11-16)13-26/h2-11,21,26H,12-13H2,1H3. The Morgan fingerprint density at radius 1 is 1.15 bits per heavy atom. The molecule has 0 radical (unpaired) electrons. The molecule has 1 N–H and O–H groups in total. The van der Waals surface area contributed by atoms with E-state index < -0.39 is 0 Å². The van der Waals surface area contributed by atoms with Crippen LogP contribution >= 0.6 is 27.5 Å². The molecular formula is C22H19BrClNO2. The molecule has 27 heavy (non-hydrogen) atoms. The minimum Gasteiger partial charge on any atom is -0.390 e. The largest absolute Gasteiger partial charge is 0.390 e. The molecule has 3 rings (SSSR count). The number of hydrogen-bond donors (Lipinski definition) is 1. The van der Waals surface area contributed by atoms with Crippen LogP contribution in [0.1, 0.15) is 45.1 Å². The number of hydrogen-bond acceptors (Lipinski definition) is 3. The van der Waals surface area contributed by atoms with Crippen LogP contribution < -0.4 is 0 Å². The third-order valence-corrected chi connectivity index (χ3v) is 5.33. The predicted molar refractivity (Wildman–Crippen MR) is 111 cm³/mol. The third-order valence-electron chi connectivity index (χ3n) is 4.57. The van der Waals surface area contributed by atoms with Gasteiger partial charge in [-0.3, -0.25) is 9.78 Å². The third kappa shape index (κ3) is 4.83. The second-order valence-corrected chi connectivity index (χ2v) is 7.78. The Balaban J connectivity index is 1.98. The van der Waals surface area contributed by atoms with E-state index in [2.05, 4.69) is 20.9 Å². The van der Waals surface area contributed by atoms with Crippen molar-refractivity contribution in [1.82, 2.24) is 4.98 Å². The van der Waals surface area contributed by atoms with Crippen molar-refractivity contribution in [2.75, 3.05) is 0 Å². The molecule has 0 amide bonds. The van der Waals surface area contributed by atoms with Crippen LogP contribution in [-0.4, -0.2) is 15.9 Å². The molecule has 1 aromatic heterocycles. The van der Waals surface area contributed by atoms with E-state index in [1.54, 1.807) is 18.3 Å². The van der Waals surface area contributed by atoms with Crippen molar-refractivity contribution in [2.24, 2.45) is 0 Å². The van der Waals surface area contributed by atoms with E-state index in [1.807, 2.05) is 49.4 Å².